The third kappa shape index (κ3) is 4.62. The predicted molar refractivity (Wildman–Crippen MR) is 98.3 cm³/mol. The van der Waals surface area contributed by atoms with Gasteiger partial charge in [-0.2, -0.15) is 13.2 Å². The van der Waals surface area contributed by atoms with E-state index < -0.39 is 24.3 Å². The first kappa shape index (κ1) is 19.7. The average molecular weight is 392 g/mol. The van der Waals surface area contributed by atoms with Gasteiger partial charge in [0.1, 0.15) is 5.75 Å². The molecule has 1 saturated heterocycles. The van der Waals surface area contributed by atoms with Crippen molar-refractivity contribution in [2.24, 2.45) is 0 Å². The van der Waals surface area contributed by atoms with Crippen LogP contribution in [-0.4, -0.2) is 25.0 Å². The molecule has 28 heavy (non-hydrogen) atoms. The smallest absolute Gasteiger partial charge is 0.416 e. The average Bonchev–Trinajstić information content (AvgIpc) is 3.05. The number of ether oxygens (including phenoxy) is 1. The first-order valence-corrected chi connectivity index (χ1v) is 8.75. The van der Waals surface area contributed by atoms with Gasteiger partial charge in [-0.05, 0) is 55.3 Å². The first-order chi connectivity index (χ1) is 13.2. The topological polar surface area (TPSA) is 58.6 Å². The Morgan fingerprint density at radius 3 is 2.64 bits per heavy atom. The van der Waals surface area contributed by atoms with Crippen LogP contribution in [-0.2, 0) is 15.8 Å². The molecule has 1 heterocycles. The van der Waals surface area contributed by atoms with E-state index in [1.165, 1.54) is 12.1 Å². The number of nitrogens with one attached hydrogen (secondary N) is 1. The molecule has 1 aliphatic heterocycles. The summed E-state index contributed by atoms with van der Waals surface area (Å²) in [4.78, 5) is 25.6. The van der Waals surface area contributed by atoms with Gasteiger partial charge in [0.15, 0.2) is 6.61 Å². The van der Waals surface area contributed by atoms with E-state index in [1.807, 2.05) is 6.92 Å². The van der Waals surface area contributed by atoms with Crippen LogP contribution < -0.4 is 15.0 Å². The summed E-state index contributed by atoms with van der Waals surface area (Å²) in [6.45, 7) is 2.10. The van der Waals surface area contributed by atoms with Crippen LogP contribution in [0.4, 0.5) is 24.5 Å². The minimum atomic E-state index is -4.47. The number of amides is 2. The van der Waals surface area contributed by atoms with Crippen molar-refractivity contribution < 1.29 is 27.5 Å². The molecule has 2 aromatic rings. The summed E-state index contributed by atoms with van der Waals surface area (Å²) in [7, 11) is 0. The molecule has 8 heteroatoms. The molecular formula is C20H19F3N2O3. The zero-order chi connectivity index (χ0) is 20.3. The molecule has 1 N–H and O–H groups in total. The Bertz CT molecular complexity index is 897. The van der Waals surface area contributed by atoms with Gasteiger partial charge in [-0.3, -0.25) is 9.59 Å². The maximum absolute atomic E-state index is 12.7. The first-order valence-electron chi connectivity index (χ1n) is 8.75. The zero-order valence-corrected chi connectivity index (χ0v) is 15.2. The van der Waals surface area contributed by atoms with Gasteiger partial charge >= 0.3 is 6.18 Å². The number of hydrogen-bond acceptors (Lipinski definition) is 3. The highest BCUT2D eigenvalue weighted by molar-refractivity contribution is 5.97. The fourth-order valence-electron chi connectivity index (χ4n) is 3.05. The highest BCUT2D eigenvalue weighted by Crippen LogP contribution is 2.31. The van der Waals surface area contributed by atoms with Crippen LogP contribution in [0.15, 0.2) is 42.5 Å². The maximum Gasteiger partial charge on any atom is 0.416 e. The summed E-state index contributed by atoms with van der Waals surface area (Å²) in [6, 6.07) is 9.54. The molecule has 148 valence electrons. The number of rotatable bonds is 5. The van der Waals surface area contributed by atoms with Crippen molar-refractivity contribution in [2.45, 2.75) is 25.9 Å². The SMILES string of the molecule is Cc1cc(NC(=O)COc2cccc(C(F)(F)F)c2)ccc1N1CCCC1=O. The molecule has 2 amide bonds. The van der Waals surface area contributed by atoms with E-state index in [-0.39, 0.29) is 11.7 Å². The number of hydrogen-bond donors (Lipinski definition) is 1. The number of nitrogens with zero attached hydrogens (tertiary/aromatic N) is 1. The Labute approximate surface area is 160 Å². The summed E-state index contributed by atoms with van der Waals surface area (Å²) < 4.78 is 43.3. The van der Waals surface area contributed by atoms with Crippen molar-refractivity contribution in [3.63, 3.8) is 0 Å². The van der Waals surface area contributed by atoms with Gasteiger partial charge in [0.25, 0.3) is 5.91 Å². The highest BCUT2D eigenvalue weighted by atomic mass is 19.4. The molecule has 0 aromatic heterocycles. The monoisotopic (exact) mass is 392 g/mol. The van der Waals surface area contributed by atoms with Crippen molar-refractivity contribution in [1.29, 1.82) is 0 Å². The van der Waals surface area contributed by atoms with Gasteiger partial charge in [0, 0.05) is 24.3 Å². The van der Waals surface area contributed by atoms with Crippen molar-refractivity contribution in [2.75, 3.05) is 23.4 Å². The van der Waals surface area contributed by atoms with E-state index in [9.17, 15) is 22.8 Å². The third-order valence-electron chi connectivity index (χ3n) is 4.38. The lowest BCUT2D eigenvalue weighted by molar-refractivity contribution is -0.137. The molecular weight excluding hydrogens is 373 g/mol. The largest absolute Gasteiger partial charge is 0.484 e. The van der Waals surface area contributed by atoms with E-state index in [0.717, 1.165) is 29.8 Å². The number of aryl methyl sites for hydroxylation is 1. The van der Waals surface area contributed by atoms with Crippen molar-refractivity contribution in [3.05, 3.63) is 53.6 Å². The van der Waals surface area contributed by atoms with Crippen LogP contribution in [0.25, 0.3) is 0 Å². The van der Waals surface area contributed by atoms with Gasteiger partial charge in [-0.1, -0.05) is 6.07 Å². The molecule has 0 atom stereocenters. The molecule has 2 aromatic carbocycles. The quantitative estimate of drug-likeness (QED) is 0.831. The number of halogens is 3. The van der Waals surface area contributed by atoms with Crippen LogP contribution in [0, 0.1) is 6.92 Å². The Balaban J connectivity index is 1.59. The number of benzene rings is 2. The number of alkyl halides is 3. The Kier molecular flexibility index (Phi) is 5.58. The summed E-state index contributed by atoms with van der Waals surface area (Å²) in [6.07, 6.45) is -3.12. The summed E-state index contributed by atoms with van der Waals surface area (Å²) in [5.74, 6) is -0.458. The highest BCUT2D eigenvalue weighted by Gasteiger charge is 2.30. The van der Waals surface area contributed by atoms with Crippen molar-refractivity contribution >= 4 is 23.2 Å². The normalized spacial score (nSPS) is 14.3. The Hall–Kier alpha value is -3.03. The van der Waals surface area contributed by atoms with Crippen LogP contribution in [0.3, 0.4) is 0 Å². The minimum Gasteiger partial charge on any atom is -0.484 e. The third-order valence-corrected chi connectivity index (χ3v) is 4.38. The molecule has 0 bridgehead atoms. The second-order valence-electron chi connectivity index (χ2n) is 6.51. The van der Waals surface area contributed by atoms with E-state index in [1.54, 1.807) is 23.1 Å². The Morgan fingerprint density at radius 1 is 1.21 bits per heavy atom. The number of carbonyl (C=O) groups is 2. The number of anilines is 2. The van der Waals surface area contributed by atoms with Crippen molar-refractivity contribution in [1.82, 2.24) is 0 Å². The molecule has 5 nitrogen and oxygen atoms in total. The summed E-state index contributed by atoms with van der Waals surface area (Å²) in [5.41, 5.74) is 1.33. The van der Waals surface area contributed by atoms with Gasteiger partial charge in [-0.15, -0.1) is 0 Å². The molecule has 0 spiro atoms. The molecule has 1 fully saturated rings. The van der Waals surface area contributed by atoms with Gasteiger partial charge in [0.05, 0.1) is 5.56 Å². The molecule has 1 aliphatic rings. The lowest BCUT2D eigenvalue weighted by Gasteiger charge is -2.19. The van der Waals surface area contributed by atoms with E-state index in [2.05, 4.69) is 5.32 Å². The van der Waals surface area contributed by atoms with Gasteiger partial charge in [-0.25, -0.2) is 0 Å². The zero-order valence-electron chi connectivity index (χ0n) is 15.2. The predicted octanol–water partition coefficient (Wildman–Crippen LogP) is 4.16. The second kappa shape index (κ2) is 7.92. The summed E-state index contributed by atoms with van der Waals surface area (Å²) >= 11 is 0. The fraction of sp³-hybridized carbons (Fsp3) is 0.300. The van der Waals surface area contributed by atoms with Crippen LogP contribution in [0.2, 0.25) is 0 Å². The van der Waals surface area contributed by atoms with Crippen LogP contribution >= 0.6 is 0 Å². The fourth-order valence-corrected chi connectivity index (χ4v) is 3.05. The second-order valence-corrected chi connectivity index (χ2v) is 6.51. The lowest BCUT2D eigenvalue weighted by atomic mass is 10.1. The maximum atomic E-state index is 12.7. The standard InChI is InChI=1S/C20H19F3N2O3/c1-13-10-15(7-8-17(13)25-9-3-6-19(25)27)24-18(26)12-28-16-5-2-4-14(11-16)20(21,22)23/h2,4-5,7-8,10-11H,3,6,9,12H2,1H3,(H,24,26). The molecule has 0 radical (unpaired) electrons. The minimum absolute atomic E-state index is 0.0379. The molecule has 0 saturated carbocycles. The lowest BCUT2D eigenvalue weighted by Crippen LogP contribution is -2.24. The summed E-state index contributed by atoms with van der Waals surface area (Å²) in [5, 5.41) is 2.64. The molecule has 3 rings (SSSR count). The van der Waals surface area contributed by atoms with E-state index in [0.29, 0.717) is 18.7 Å². The van der Waals surface area contributed by atoms with E-state index >= 15 is 0 Å². The van der Waals surface area contributed by atoms with Gasteiger partial charge in [0.2, 0.25) is 5.91 Å². The Morgan fingerprint density at radius 2 is 2.00 bits per heavy atom. The van der Waals surface area contributed by atoms with Gasteiger partial charge < -0.3 is 15.0 Å². The van der Waals surface area contributed by atoms with E-state index in [4.69, 9.17) is 4.74 Å². The number of carbonyl (C=O) groups excluding carboxylic acids is 2. The molecule has 0 aliphatic carbocycles. The van der Waals surface area contributed by atoms with Crippen LogP contribution in [0.5, 0.6) is 5.75 Å². The van der Waals surface area contributed by atoms with Crippen molar-refractivity contribution in [3.8, 4) is 5.75 Å². The van der Waals surface area contributed by atoms with Crippen LogP contribution in [0.1, 0.15) is 24.0 Å². The molecule has 0 unspecified atom stereocenters.